The van der Waals surface area contributed by atoms with Crippen LogP contribution in [0.5, 0.6) is 0 Å². The molecule has 0 radical (unpaired) electrons. The Hall–Kier alpha value is -3.93. The molecular weight excluding hydrogens is 402 g/mol. The largest absolute Gasteiger partial charge is 0.459 e. The Morgan fingerprint density at radius 2 is 1.78 bits per heavy atom. The Bertz CT molecular complexity index is 1450. The normalized spacial score (nSPS) is 15.4. The number of fused-ring (bicyclic) bond motifs is 1. The Labute approximate surface area is 185 Å². The van der Waals surface area contributed by atoms with Gasteiger partial charge in [-0.1, -0.05) is 48.5 Å². The summed E-state index contributed by atoms with van der Waals surface area (Å²) in [6.45, 7) is 5.20. The van der Waals surface area contributed by atoms with Crippen molar-refractivity contribution >= 4 is 24.2 Å². The first-order valence-corrected chi connectivity index (χ1v) is 10.4. The van der Waals surface area contributed by atoms with Crippen LogP contribution in [0.1, 0.15) is 26.3 Å². The number of aromatic nitrogens is 2. The minimum Gasteiger partial charge on any atom is -0.459 e. The van der Waals surface area contributed by atoms with Crippen molar-refractivity contribution in [2.75, 3.05) is 0 Å². The van der Waals surface area contributed by atoms with E-state index in [1.807, 2.05) is 66.7 Å². The molecule has 2 aromatic carbocycles. The quantitative estimate of drug-likeness (QED) is 0.634. The number of benzene rings is 2. The Morgan fingerprint density at radius 3 is 2.50 bits per heavy atom. The van der Waals surface area contributed by atoms with Crippen molar-refractivity contribution in [1.82, 2.24) is 9.55 Å². The van der Waals surface area contributed by atoms with E-state index in [9.17, 15) is 9.59 Å². The molecule has 4 rings (SSSR count). The van der Waals surface area contributed by atoms with Crippen LogP contribution in [0.2, 0.25) is 0 Å². The first-order chi connectivity index (χ1) is 15.3. The van der Waals surface area contributed by atoms with Crippen LogP contribution in [0, 0.1) is 0 Å². The smallest absolute Gasteiger partial charge is 0.326 e. The molecule has 0 aliphatic carbocycles. The van der Waals surface area contributed by atoms with E-state index >= 15 is 0 Å². The van der Waals surface area contributed by atoms with Crippen molar-refractivity contribution in [1.29, 1.82) is 0 Å². The second kappa shape index (κ2) is 8.67. The summed E-state index contributed by atoms with van der Waals surface area (Å²) in [5, 5.41) is 2.34. The number of rotatable bonds is 4. The molecule has 0 atom stereocenters. The van der Waals surface area contributed by atoms with Crippen molar-refractivity contribution < 1.29 is 9.53 Å². The minimum atomic E-state index is -0.634. The molecule has 1 aliphatic heterocycles. The first kappa shape index (κ1) is 21.3. The second-order valence-corrected chi connectivity index (χ2v) is 8.53. The van der Waals surface area contributed by atoms with Crippen LogP contribution in [-0.4, -0.2) is 21.1 Å². The fourth-order valence-corrected chi connectivity index (χ4v) is 3.41. The van der Waals surface area contributed by atoms with Gasteiger partial charge in [0.15, 0.2) is 0 Å². The third kappa shape index (κ3) is 5.03. The summed E-state index contributed by atoms with van der Waals surface area (Å²) in [4.78, 5) is 33.3. The highest BCUT2D eigenvalue weighted by molar-refractivity contribution is 5.69. The summed E-state index contributed by atoms with van der Waals surface area (Å²) < 4.78 is 6.81. The molecular formula is C26H25N3O3. The molecule has 0 fully saturated rings. The number of carbonyl (C=O) groups is 1. The molecule has 6 nitrogen and oxygen atoms in total. The highest BCUT2D eigenvalue weighted by atomic mass is 16.6. The highest BCUT2D eigenvalue weighted by Crippen LogP contribution is 2.07. The van der Waals surface area contributed by atoms with Gasteiger partial charge in [-0.3, -0.25) is 14.2 Å². The van der Waals surface area contributed by atoms with E-state index in [1.54, 1.807) is 32.9 Å². The van der Waals surface area contributed by atoms with E-state index in [2.05, 4.69) is 9.98 Å². The fraction of sp³-hybridized carbons (Fsp3) is 0.192. The maximum atomic E-state index is 13.1. The number of hydrogen-bond donors (Lipinski definition) is 1. The van der Waals surface area contributed by atoms with Gasteiger partial charge in [0.25, 0.3) is 5.56 Å². The first-order valence-electron chi connectivity index (χ1n) is 10.4. The molecule has 162 valence electrons. The molecule has 32 heavy (non-hydrogen) atoms. The third-order valence-electron chi connectivity index (χ3n) is 4.75. The maximum Gasteiger partial charge on any atom is 0.326 e. The zero-order valence-corrected chi connectivity index (χ0v) is 18.3. The summed E-state index contributed by atoms with van der Waals surface area (Å²) in [5.41, 5.74) is 1.22. The molecule has 0 unspecified atom stereocenters. The molecule has 0 amide bonds. The van der Waals surface area contributed by atoms with E-state index in [0.717, 1.165) is 21.8 Å². The van der Waals surface area contributed by atoms with Crippen LogP contribution in [0.15, 0.2) is 76.2 Å². The van der Waals surface area contributed by atoms with Gasteiger partial charge >= 0.3 is 5.97 Å². The maximum absolute atomic E-state index is 13.1. The zero-order chi connectivity index (χ0) is 22.7. The second-order valence-electron chi connectivity index (χ2n) is 8.53. The number of ether oxygens (including phenoxy) is 1. The van der Waals surface area contributed by atoms with Gasteiger partial charge in [0.1, 0.15) is 23.0 Å². The van der Waals surface area contributed by atoms with Crippen molar-refractivity contribution in [3.63, 3.8) is 0 Å². The molecule has 2 heterocycles. The van der Waals surface area contributed by atoms with Crippen molar-refractivity contribution in [3.8, 4) is 0 Å². The summed E-state index contributed by atoms with van der Waals surface area (Å²) in [5.74, 6) is -0.475. The van der Waals surface area contributed by atoms with Crippen molar-refractivity contribution in [2.24, 2.45) is 4.99 Å². The number of para-hydroxylation sites is 1. The van der Waals surface area contributed by atoms with Gasteiger partial charge in [-0.2, -0.15) is 0 Å². The highest BCUT2D eigenvalue weighted by Gasteiger charge is 2.18. The molecule has 1 N–H and O–H groups in total. The SMILES string of the molecule is CC(C)(C)OC(=O)Cn1c(=O)/c(=C/c2ccccc2)[nH]/c1=C\C=C1/C=c2ccccc2=N1. The van der Waals surface area contributed by atoms with Gasteiger partial charge in [0, 0.05) is 5.22 Å². The lowest BCUT2D eigenvalue weighted by molar-refractivity contribution is -0.155. The number of aromatic amines is 1. The lowest BCUT2D eigenvalue weighted by Crippen LogP contribution is -2.36. The van der Waals surface area contributed by atoms with Gasteiger partial charge in [-0.05, 0) is 56.7 Å². The number of hydrogen-bond acceptors (Lipinski definition) is 4. The molecule has 0 spiro atoms. The fourth-order valence-electron chi connectivity index (χ4n) is 3.41. The summed E-state index contributed by atoms with van der Waals surface area (Å²) in [7, 11) is 0. The topological polar surface area (TPSA) is 76.5 Å². The van der Waals surface area contributed by atoms with E-state index in [-0.39, 0.29) is 12.1 Å². The monoisotopic (exact) mass is 427 g/mol. The van der Waals surface area contributed by atoms with Crippen LogP contribution in [0.25, 0.3) is 18.2 Å². The van der Waals surface area contributed by atoms with Gasteiger partial charge in [-0.15, -0.1) is 0 Å². The van der Waals surface area contributed by atoms with Crippen LogP contribution < -0.4 is 27.0 Å². The third-order valence-corrected chi connectivity index (χ3v) is 4.75. The van der Waals surface area contributed by atoms with Crippen molar-refractivity contribution in [2.45, 2.75) is 32.9 Å². The molecule has 6 heteroatoms. The summed E-state index contributed by atoms with van der Waals surface area (Å²) in [6.07, 6.45) is 7.32. The van der Waals surface area contributed by atoms with E-state index < -0.39 is 11.6 Å². The lowest BCUT2D eigenvalue weighted by Gasteiger charge is -2.19. The van der Waals surface area contributed by atoms with Crippen LogP contribution in [0.3, 0.4) is 0 Å². The molecule has 1 aromatic heterocycles. The number of H-pyrrole nitrogens is 1. The zero-order valence-electron chi connectivity index (χ0n) is 18.3. The number of allylic oxidation sites excluding steroid dienone is 2. The Morgan fingerprint density at radius 1 is 1.06 bits per heavy atom. The predicted molar refractivity (Wildman–Crippen MR) is 124 cm³/mol. The summed E-state index contributed by atoms with van der Waals surface area (Å²) in [6, 6.07) is 17.4. The van der Waals surface area contributed by atoms with E-state index in [0.29, 0.717) is 10.8 Å². The summed E-state index contributed by atoms with van der Waals surface area (Å²) >= 11 is 0. The number of nitrogens with zero attached hydrogens (tertiary/aromatic N) is 2. The lowest BCUT2D eigenvalue weighted by atomic mass is 10.2. The van der Waals surface area contributed by atoms with Crippen LogP contribution >= 0.6 is 0 Å². The van der Waals surface area contributed by atoms with Crippen LogP contribution in [0.4, 0.5) is 0 Å². The van der Waals surface area contributed by atoms with Crippen LogP contribution in [-0.2, 0) is 16.1 Å². The molecule has 1 aliphatic rings. The van der Waals surface area contributed by atoms with Gasteiger partial charge in [0.05, 0.1) is 11.1 Å². The average molecular weight is 428 g/mol. The number of nitrogens with one attached hydrogen (secondary N) is 1. The standard InChI is InChI=1S/C26H25N3O3/c1-26(2,3)32-24(30)17-29-23(14-13-20-16-19-11-7-8-12-21(19)27-20)28-22(25(29)31)15-18-9-5-4-6-10-18/h4-16,28H,17H2,1-3H3/b20-13+,22-15-,23-14+. The number of imidazole rings is 1. The van der Waals surface area contributed by atoms with E-state index in [4.69, 9.17) is 4.74 Å². The Balaban J connectivity index is 1.79. The van der Waals surface area contributed by atoms with Gasteiger partial charge in [0.2, 0.25) is 0 Å². The minimum absolute atomic E-state index is 0.189. The molecule has 0 bridgehead atoms. The molecule has 3 aromatic rings. The number of carbonyl (C=O) groups excluding carboxylic acids is 1. The average Bonchev–Trinajstić information content (AvgIpc) is 3.28. The van der Waals surface area contributed by atoms with Gasteiger partial charge in [-0.25, -0.2) is 4.99 Å². The number of esters is 1. The van der Waals surface area contributed by atoms with Gasteiger partial charge < -0.3 is 9.72 Å². The molecule has 0 saturated heterocycles. The van der Waals surface area contributed by atoms with E-state index in [1.165, 1.54) is 4.57 Å². The van der Waals surface area contributed by atoms with Crippen molar-refractivity contribution in [3.05, 3.63) is 104 Å². The Kier molecular flexibility index (Phi) is 5.77. The molecule has 0 saturated carbocycles. The predicted octanol–water partition coefficient (Wildman–Crippen LogP) is 1.13.